The summed E-state index contributed by atoms with van der Waals surface area (Å²) in [6.07, 6.45) is 0. The van der Waals surface area contributed by atoms with Gasteiger partial charge in [-0.25, -0.2) is 4.98 Å². The normalized spacial score (nSPS) is 12.6. The van der Waals surface area contributed by atoms with E-state index in [0.29, 0.717) is 5.92 Å². The molecule has 17 heavy (non-hydrogen) atoms. The zero-order chi connectivity index (χ0) is 12.1. The van der Waals surface area contributed by atoms with E-state index in [0.717, 1.165) is 18.8 Å². The highest BCUT2D eigenvalue weighted by molar-refractivity contribution is 7.09. The van der Waals surface area contributed by atoms with Gasteiger partial charge in [0.05, 0.1) is 11.2 Å². The number of benzene rings is 1. The first-order valence-electron chi connectivity index (χ1n) is 5.92. The van der Waals surface area contributed by atoms with Gasteiger partial charge in [0.15, 0.2) is 0 Å². The third-order valence-corrected chi connectivity index (χ3v) is 3.88. The molecule has 1 atom stereocenters. The first-order chi connectivity index (χ1) is 8.27. The van der Waals surface area contributed by atoms with Crippen molar-refractivity contribution in [1.29, 1.82) is 0 Å². The summed E-state index contributed by atoms with van der Waals surface area (Å²) in [6.45, 7) is 6.24. The van der Waals surface area contributed by atoms with E-state index >= 15 is 0 Å². The first kappa shape index (κ1) is 12.3. The van der Waals surface area contributed by atoms with E-state index in [1.54, 1.807) is 11.3 Å². The largest absolute Gasteiger partial charge is 0.311 e. The summed E-state index contributed by atoms with van der Waals surface area (Å²) in [5.74, 6) is 0.546. The molecule has 0 spiro atoms. The third-order valence-electron chi connectivity index (χ3n) is 2.95. The van der Waals surface area contributed by atoms with Crippen LogP contribution in [0.5, 0.6) is 0 Å². The molecule has 2 rings (SSSR count). The van der Waals surface area contributed by atoms with Gasteiger partial charge in [-0.2, -0.15) is 0 Å². The van der Waals surface area contributed by atoms with Crippen molar-refractivity contribution in [3.63, 3.8) is 0 Å². The maximum absolute atomic E-state index is 4.25. The maximum Gasteiger partial charge on any atom is 0.0798 e. The minimum Gasteiger partial charge on any atom is -0.311 e. The molecule has 0 saturated carbocycles. The molecule has 0 aliphatic rings. The Morgan fingerprint density at radius 2 is 2.06 bits per heavy atom. The average Bonchev–Trinajstić information content (AvgIpc) is 2.76. The van der Waals surface area contributed by atoms with Crippen LogP contribution in [-0.4, -0.2) is 11.5 Å². The van der Waals surface area contributed by atoms with Gasteiger partial charge in [-0.3, -0.25) is 0 Å². The van der Waals surface area contributed by atoms with E-state index in [-0.39, 0.29) is 0 Å². The van der Waals surface area contributed by atoms with Crippen LogP contribution in [0, 0.1) is 6.92 Å². The van der Waals surface area contributed by atoms with E-state index in [1.807, 2.05) is 5.51 Å². The summed E-state index contributed by atoms with van der Waals surface area (Å²) >= 11 is 1.72. The third kappa shape index (κ3) is 3.38. The highest BCUT2D eigenvalue weighted by atomic mass is 32.1. The smallest absolute Gasteiger partial charge is 0.0798 e. The van der Waals surface area contributed by atoms with Gasteiger partial charge in [0.1, 0.15) is 0 Å². The van der Waals surface area contributed by atoms with E-state index in [9.17, 15) is 0 Å². The van der Waals surface area contributed by atoms with E-state index in [1.165, 1.54) is 10.4 Å². The van der Waals surface area contributed by atoms with Gasteiger partial charge in [0, 0.05) is 18.0 Å². The second kappa shape index (κ2) is 5.94. The van der Waals surface area contributed by atoms with Crippen LogP contribution in [0.15, 0.2) is 35.8 Å². The number of aromatic nitrogens is 1. The molecular formula is C14H18N2S. The molecule has 0 aliphatic heterocycles. The molecule has 1 unspecified atom stereocenters. The summed E-state index contributed by atoms with van der Waals surface area (Å²) in [4.78, 5) is 5.59. The molecule has 1 heterocycles. The molecule has 1 aromatic heterocycles. The molecule has 0 radical (unpaired) electrons. The molecule has 1 aromatic carbocycles. The number of nitrogens with one attached hydrogen (secondary N) is 1. The van der Waals surface area contributed by atoms with Gasteiger partial charge in [-0.15, -0.1) is 11.3 Å². The van der Waals surface area contributed by atoms with Gasteiger partial charge >= 0.3 is 0 Å². The van der Waals surface area contributed by atoms with Crippen molar-refractivity contribution in [3.05, 3.63) is 52.0 Å². The fourth-order valence-electron chi connectivity index (χ4n) is 1.80. The Morgan fingerprint density at radius 3 is 2.71 bits per heavy atom. The Morgan fingerprint density at radius 1 is 1.29 bits per heavy atom. The van der Waals surface area contributed by atoms with Crippen molar-refractivity contribution in [3.8, 4) is 0 Å². The fraction of sp³-hybridized carbons (Fsp3) is 0.357. The van der Waals surface area contributed by atoms with Crippen LogP contribution >= 0.6 is 11.3 Å². The zero-order valence-electron chi connectivity index (χ0n) is 10.3. The van der Waals surface area contributed by atoms with Crippen molar-refractivity contribution >= 4 is 11.3 Å². The van der Waals surface area contributed by atoms with Crippen LogP contribution in [0.25, 0.3) is 0 Å². The number of nitrogens with zero attached hydrogens (tertiary/aromatic N) is 1. The molecule has 0 bridgehead atoms. The minimum absolute atomic E-state index is 0.546. The molecule has 0 aliphatic carbocycles. The number of thiazole rings is 1. The molecule has 1 N–H and O–H groups in total. The Hall–Kier alpha value is -1.19. The predicted octanol–water partition coefficient (Wildman–Crippen LogP) is 3.34. The lowest BCUT2D eigenvalue weighted by molar-refractivity contribution is 0.617. The lowest BCUT2D eigenvalue weighted by Gasteiger charge is -2.12. The van der Waals surface area contributed by atoms with Gasteiger partial charge in [-0.1, -0.05) is 37.3 Å². The van der Waals surface area contributed by atoms with Crippen molar-refractivity contribution in [2.24, 2.45) is 0 Å². The van der Waals surface area contributed by atoms with Crippen LogP contribution in [-0.2, 0) is 6.54 Å². The molecule has 0 fully saturated rings. The summed E-state index contributed by atoms with van der Waals surface area (Å²) in [6, 6.07) is 10.6. The summed E-state index contributed by atoms with van der Waals surface area (Å²) < 4.78 is 0. The Bertz CT molecular complexity index is 450. The van der Waals surface area contributed by atoms with Crippen molar-refractivity contribution in [2.45, 2.75) is 26.3 Å². The standard InChI is InChI=1S/C14H18N2S/c1-11(13-6-4-3-5-7-13)8-15-9-14-12(2)16-10-17-14/h3-7,10-11,15H,8-9H2,1-2H3. The Labute approximate surface area is 107 Å². The van der Waals surface area contributed by atoms with Crippen LogP contribution in [0.4, 0.5) is 0 Å². The van der Waals surface area contributed by atoms with Crippen LogP contribution in [0.2, 0.25) is 0 Å². The molecule has 0 amide bonds. The zero-order valence-corrected chi connectivity index (χ0v) is 11.1. The highest BCUT2D eigenvalue weighted by Crippen LogP contribution is 2.15. The molecule has 90 valence electrons. The molecule has 2 aromatic rings. The van der Waals surface area contributed by atoms with E-state index < -0.39 is 0 Å². The van der Waals surface area contributed by atoms with Crippen molar-refractivity contribution in [1.82, 2.24) is 10.3 Å². The number of hydrogen-bond acceptors (Lipinski definition) is 3. The fourth-order valence-corrected chi connectivity index (χ4v) is 2.54. The van der Waals surface area contributed by atoms with E-state index in [2.05, 4.69) is 54.5 Å². The maximum atomic E-state index is 4.25. The summed E-state index contributed by atoms with van der Waals surface area (Å²) in [5, 5.41) is 3.50. The van der Waals surface area contributed by atoms with Crippen LogP contribution in [0.3, 0.4) is 0 Å². The molecule has 0 saturated heterocycles. The second-order valence-electron chi connectivity index (χ2n) is 4.30. The minimum atomic E-state index is 0.546. The molecular weight excluding hydrogens is 228 g/mol. The highest BCUT2D eigenvalue weighted by Gasteiger charge is 2.05. The Kier molecular flexibility index (Phi) is 4.29. The van der Waals surface area contributed by atoms with E-state index in [4.69, 9.17) is 0 Å². The number of hydrogen-bond donors (Lipinski definition) is 1. The topological polar surface area (TPSA) is 24.9 Å². The monoisotopic (exact) mass is 246 g/mol. The predicted molar refractivity (Wildman–Crippen MR) is 73.4 cm³/mol. The number of rotatable bonds is 5. The lowest BCUT2D eigenvalue weighted by atomic mass is 10.0. The van der Waals surface area contributed by atoms with Gasteiger partial charge in [-0.05, 0) is 18.4 Å². The average molecular weight is 246 g/mol. The molecule has 3 heteroatoms. The van der Waals surface area contributed by atoms with Crippen LogP contribution < -0.4 is 5.32 Å². The van der Waals surface area contributed by atoms with Gasteiger partial charge < -0.3 is 5.32 Å². The Balaban J connectivity index is 1.81. The summed E-state index contributed by atoms with van der Waals surface area (Å²) in [7, 11) is 0. The van der Waals surface area contributed by atoms with Crippen molar-refractivity contribution < 1.29 is 0 Å². The van der Waals surface area contributed by atoms with Gasteiger partial charge in [0.25, 0.3) is 0 Å². The first-order valence-corrected chi connectivity index (χ1v) is 6.80. The van der Waals surface area contributed by atoms with Gasteiger partial charge in [0.2, 0.25) is 0 Å². The summed E-state index contributed by atoms with van der Waals surface area (Å²) in [5.41, 5.74) is 4.45. The molecule has 2 nitrogen and oxygen atoms in total. The quantitative estimate of drug-likeness (QED) is 0.875. The van der Waals surface area contributed by atoms with Crippen LogP contribution in [0.1, 0.15) is 29.0 Å². The van der Waals surface area contributed by atoms with Crippen molar-refractivity contribution in [2.75, 3.05) is 6.54 Å². The lowest BCUT2D eigenvalue weighted by Crippen LogP contribution is -2.19. The SMILES string of the molecule is Cc1ncsc1CNCC(C)c1ccccc1. The second-order valence-corrected chi connectivity index (χ2v) is 5.24. The number of aryl methyl sites for hydroxylation is 1.